The molecule has 0 unspecified atom stereocenters. The Kier molecular flexibility index (Phi) is 5.48. The zero-order chi connectivity index (χ0) is 20.3. The summed E-state index contributed by atoms with van der Waals surface area (Å²) < 4.78 is 17.2. The highest BCUT2D eigenvalue weighted by Crippen LogP contribution is 2.38. The molecule has 2 N–H and O–H groups in total. The van der Waals surface area contributed by atoms with Crippen LogP contribution in [0.1, 0.15) is 29.5 Å². The third-order valence-electron chi connectivity index (χ3n) is 4.02. The lowest BCUT2D eigenvalue weighted by molar-refractivity contribution is 0.102. The van der Waals surface area contributed by atoms with Gasteiger partial charge in [-0.1, -0.05) is 6.92 Å². The van der Waals surface area contributed by atoms with E-state index in [0.29, 0.717) is 29.5 Å². The van der Waals surface area contributed by atoms with E-state index in [0.717, 1.165) is 6.42 Å². The molecular weight excluding hydrogens is 366 g/mol. The van der Waals surface area contributed by atoms with Gasteiger partial charge >= 0.3 is 0 Å². The lowest BCUT2D eigenvalue weighted by Crippen LogP contribution is -2.19. The van der Waals surface area contributed by atoms with Crippen molar-refractivity contribution in [3.63, 3.8) is 0 Å². The number of hydrogen-bond donors (Lipinski definition) is 2. The molecule has 0 atom stereocenters. The second-order valence-electron chi connectivity index (χ2n) is 5.90. The molecule has 0 spiro atoms. The van der Waals surface area contributed by atoms with Gasteiger partial charge in [0.15, 0.2) is 17.3 Å². The van der Waals surface area contributed by atoms with Gasteiger partial charge in [0.2, 0.25) is 11.5 Å². The van der Waals surface area contributed by atoms with Crippen LogP contribution in [-0.2, 0) is 6.42 Å². The van der Waals surface area contributed by atoms with Gasteiger partial charge in [-0.15, -0.1) is 5.10 Å². The number of aromatic nitrogens is 4. The molecule has 2 heterocycles. The van der Waals surface area contributed by atoms with Crippen LogP contribution in [0.5, 0.6) is 17.2 Å². The van der Waals surface area contributed by atoms with Crippen molar-refractivity contribution in [2.45, 2.75) is 19.8 Å². The van der Waals surface area contributed by atoms with E-state index in [1.807, 2.05) is 6.92 Å². The Morgan fingerprint density at radius 1 is 1.14 bits per heavy atom. The Morgan fingerprint density at radius 3 is 2.39 bits per heavy atom. The van der Waals surface area contributed by atoms with Crippen molar-refractivity contribution in [1.29, 1.82) is 0 Å². The normalized spacial score (nSPS) is 10.7. The molecule has 3 aromatic rings. The quantitative estimate of drug-likeness (QED) is 0.632. The molecule has 0 aliphatic rings. The second-order valence-corrected chi connectivity index (χ2v) is 5.90. The SMILES string of the molecule is CCCc1nc2[nH]c(=O)cc(NC(=O)c3cc(OC)c(OC)c(OC)c3)n2n1. The highest BCUT2D eigenvalue weighted by Gasteiger charge is 2.18. The maximum absolute atomic E-state index is 12.8. The van der Waals surface area contributed by atoms with Crippen molar-refractivity contribution in [3.8, 4) is 17.2 Å². The van der Waals surface area contributed by atoms with E-state index in [2.05, 4.69) is 20.4 Å². The summed E-state index contributed by atoms with van der Waals surface area (Å²) in [5.41, 5.74) is -0.139. The van der Waals surface area contributed by atoms with E-state index in [9.17, 15) is 9.59 Å². The van der Waals surface area contributed by atoms with Crippen molar-refractivity contribution in [1.82, 2.24) is 19.6 Å². The number of amides is 1. The van der Waals surface area contributed by atoms with Gasteiger partial charge in [0.25, 0.3) is 11.5 Å². The zero-order valence-electron chi connectivity index (χ0n) is 16.0. The van der Waals surface area contributed by atoms with Crippen molar-refractivity contribution in [2.75, 3.05) is 26.6 Å². The highest BCUT2D eigenvalue weighted by atomic mass is 16.5. The number of ether oxygens (including phenoxy) is 3. The summed E-state index contributed by atoms with van der Waals surface area (Å²) >= 11 is 0. The van der Waals surface area contributed by atoms with Gasteiger partial charge in [-0.3, -0.25) is 14.6 Å². The molecule has 0 bridgehead atoms. The molecule has 0 aliphatic carbocycles. The van der Waals surface area contributed by atoms with E-state index in [-0.39, 0.29) is 17.2 Å². The number of carbonyl (C=O) groups excluding carboxylic acids is 1. The Bertz CT molecular complexity index is 1050. The summed E-state index contributed by atoms with van der Waals surface area (Å²) in [6.45, 7) is 2.00. The van der Waals surface area contributed by atoms with Gasteiger partial charge in [-0.25, -0.2) is 0 Å². The van der Waals surface area contributed by atoms with Crippen LogP contribution in [0.2, 0.25) is 0 Å². The Hall–Kier alpha value is -3.56. The molecule has 0 aliphatic heterocycles. The lowest BCUT2D eigenvalue weighted by Gasteiger charge is -2.14. The molecule has 2 aromatic heterocycles. The van der Waals surface area contributed by atoms with Crippen LogP contribution in [0.25, 0.3) is 5.78 Å². The number of aromatic amines is 1. The summed E-state index contributed by atoms with van der Waals surface area (Å²) in [4.78, 5) is 31.6. The fraction of sp³-hybridized carbons (Fsp3) is 0.333. The van der Waals surface area contributed by atoms with Crippen LogP contribution < -0.4 is 25.1 Å². The molecule has 28 heavy (non-hydrogen) atoms. The van der Waals surface area contributed by atoms with Gasteiger partial charge < -0.3 is 19.5 Å². The first kappa shape index (κ1) is 19.2. The van der Waals surface area contributed by atoms with Crippen molar-refractivity contribution in [2.24, 2.45) is 0 Å². The molecule has 0 fully saturated rings. The first-order chi connectivity index (χ1) is 13.5. The summed E-state index contributed by atoms with van der Waals surface area (Å²) in [5, 5.41) is 7.02. The lowest BCUT2D eigenvalue weighted by atomic mass is 10.1. The Morgan fingerprint density at radius 2 is 1.82 bits per heavy atom. The van der Waals surface area contributed by atoms with E-state index in [1.54, 1.807) is 0 Å². The number of fused-ring (bicyclic) bond motifs is 1. The molecule has 0 radical (unpaired) electrons. The Balaban J connectivity index is 2.00. The number of nitrogens with zero attached hydrogens (tertiary/aromatic N) is 3. The van der Waals surface area contributed by atoms with Crippen molar-refractivity contribution < 1.29 is 19.0 Å². The standard InChI is InChI=1S/C18H21N5O5/c1-5-6-13-19-18-21-15(24)9-14(23(18)22-13)20-17(25)10-7-11(26-2)16(28-4)12(8-10)27-3/h7-9H,5-6H2,1-4H3,(H,20,25)(H,19,21,22,24). The third-order valence-corrected chi connectivity index (χ3v) is 4.02. The van der Waals surface area contributed by atoms with Crippen molar-refractivity contribution >= 4 is 17.5 Å². The number of aryl methyl sites for hydroxylation is 1. The largest absolute Gasteiger partial charge is 0.493 e. The van der Waals surface area contributed by atoms with Crippen LogP contribution in [0, 0.1) is 0 Å². The summed E-state index contributed by atoms with van der Waals surface area (Å²) in [6.07, 6.45) is 1.51. The summed E-state index contributed by atoms with van der Waals surface area (Å²) in [5.74, 6) is 1.62. The van der Waals surface area contributed by atoms with E-state index < -0.39 is 11.5 Å². The number of carbonyl (C=O) groups is 1. The first-order valence-electron chi connectivity index (χ1n) is 8.61. The molecular formula is C18H21N5O5. The van der Waals surface area contributed by atoms with Gasteiger partial charge in [0.05, 0.1) is 21.3 Å². The second kappa shape index (κ2) is 7.99. The number of methoxy groups -OCH3 is 3. The minimum absolute atomic E-state index is 0.201. The van der Waals surface area contributed by atoms with Gasteiger partial charge in [0, 0.05) is 18.1 Å². The average Bonchev–Trinajstić information content (AvgIpc) is 3.09. The molecule has 0 saturated heterocycles. The Labute approximate surface area is 160 Å². The monoisotopic (exact) mass is 387 g/mol. The number of anilines is 1. The number of benzene rings is 1. The van der Waals surface area contributed by atoms with Gasteiger partial charge in [0.1, 0.15) is 5.82 Å². The van der Waals surface area contributed by atoms with E-state index in [1.165, 1.54) is 44.0 Å². The van der Waals surface area contributed by atoms with E-state index in [4.69, 9.17) is 14.2 Å². The minimum Gasteiger partial charge on any atom is -0.493 e. The van der Waals surface area contributed by atoms with Crippen molar-refractivity contribution in [3.05, 3.63) is 39.9 Å². The molecule has 3 rings (SSSR count). The smallest absolute Gasteiger partial charge is 0.257 e. The van der Waals surface area contributed by atoms with Gasteiger partial charge in [-0.2, -0.15) is 9.50 Å². The topological polar surface area (TPSA) is 120 Å². The molecule has 148 valence electrons. The van der Waals surface area contributed by atoms with Crippen LogP contribution in [0.4, 0.5) is 5.82 Å². The molecule has 10 nitrogen and oxygen atoms in total. The van der Waals surface area contributed by atoms with Crippen LogP contribution in [0.15, 0.2) is 23.0 Å². The number of rotatable bonds is 7. The fourth-order valence-corrected chi connectivity index (χ4v) is 2.75. The molecule has 0 saturated carbocycles. The van der Waals surface area contributed by atoms with E-state index >= 15 is 0 Å². The number of nitrogens with one attached hydrogen (secondary N) is 2. The number of hydrogen-bond acceptors (Lipinski definition) is 7. The zero-order valence-corrected chi connectivity index (χ0v) is 16.0. The summed E-state index contributed by atoms with van der Waals surface area (Å²) in [7, 11) is 4.40. The molecule has 1 aromatic carbocycles. The predicted octanol–water partition coefficient (Wildman–Crippen LogP) is 1.65. The average molecular weight is 387 g/mol. The maximum Gasteiger partial charge on any atom is 0.257 e. The third kappa shape index (κ3) is 3.61. The van der Waals surface area contributed by atoms with Crippen LogP contribution >= 0.6 is 0 Å². The van der Waals surface area contributed by atoms with Gasteiger partial charge in [-0.05, 0) is 18.6 Å². The van der Waals surface area contributed by atoms with Crippen LogP contribution in [-0.4, -0.2) is 46.8 Å². The molecule has 10 heteroatoms. The molecule has 1 amide bonds. The fourth-order valence-electron chi connectivity index (χ4n) is 2.75. The first-order valence-corrected chi connectivity index (χ1v) is 8.61. The minimum atomic E-state index is -0.473. The summed E-state index contributed by atoms with van der Waals surface area (Å²) in [6, 6.07) is 4.28. The number of H-pyrrole nitrogens is 1. The predicted molar refractivity (Wildman–Crippen MR) is 102 cm³/mol. The highest BCUT2D eigenvalue weighted by molar-refractivity contribution is 6.04. The van der Waals surface area contributed by atoms with Crippen LogP contribution in [0.3, 0.4) is 0 Å². The maximum atomic E-state index is 12.8.